The molecule has 1 unspecified atom stereocenters. The number of benzene rings is 3. The summed E-state index contributed by atoms with van der Waals surface area (Å²) in [6, 6.07) is 24.4. The molecule has 5 nitrogen and oxygen atoms in total. The van der Waals surface area contributed by atoms with E-state index in [1.54, 1.807) is 18.2 Å². The number of carboxylic acid groups (broad SMARTS) is 1. The number of aliphatic carboxylic acids is 1. The lowest BCUT2D eigenvalue weighted by molar-refractivity contribution is -0.137. The topological polar surface area (TPSA) is 89.6 Å². The molecule has 0 aliphatic heterocycles. The molecular formula is C30H30ClNO4. The van der Waals surface area contributed by atoms with Crippen LogP contribution in [0.1, 0.15) is 42.5 Å². The maximum atomic E-state index is 12.3. The molecule has 0 aliphatic carbocycles. The molecule has 6 heteroatoms. The number of rotatable bonds is 10. The summed E-state index contributed by atoms with van der Waals surface area (Å²) in [5.74, 6) is -0.625. The third kappa shape index (κ3) is 7.17. The van der Waals surface area contributed by atoms with Crippen LogP contribution in [0.15, 0.2) is 84.9 Å². The number of allylic oxidation sites excluding steroid dienone is 1. The number of nitrogens with two attached hydrogens (primary N) is 1. The number of hydrogen-bond acceptors (Lipinski definition) is 4. The van der Waals surface area contributed by atoms with E-state index < -0.39 is 18.0 Å². The molecule has 3 rings (SSSR count). The van der Waals surface area contributed by atoms with E-state index in [0.717, 1.165) is 39.5 Å². The Hall–Kier alpha value is -3.67. The number of alkyl halides is 1. The zero-order valence-corrected chi connectivity index (χ0v) is 21.1. The molecule has 0 saturated carbocycles. The van der Waals surface area contributed by atoms with Crippen molar-refractivity contribution >= 4 is 40.8 Å². The zero-order chi connectivity index (χ0) is 26.1. The molecular weight excluding hydrogens is 474 g/mol. The summed E-state index contributed by atoms with van der Waals surface area (Å²) >= 11 is 6.23. The van der Waals surface area contributed by atoms with Gasteiger partial charge in [0.05, 0.1) is 0 Å². The third-order valence-electron chi connectivity index (χ3n) is 5.74. The van der Waals surface area contributed by atoms with Gasteiger partial charge in [-0.1, -0.05) is 80.6 Å². The smallest absolute Gasteiger partial charge is 0.328 e. The lowest BCUT2D eigenvalue weighted by atomic mass is 9.88. The minimum Gasteiger partial charge on any atom is -0.478 e. The molecule has 36 heavy (non-hydrogen) atoms. The first-order valence-corrected chi connectivity index (χ1v) is 12.3. The van der Waals surface area contributed by atoms with Gasteiger partial charge in [-0.05, 0) is 63.9 Å². The molecule has 1 atom stereocenters. The minimum absolute atomic E-state index is 0.0244. The number of hydrogen-bond donors (Lipinski definition) is 2. The van der Waals surface area contributed by atoms with Crippen LogP contribution in [0.3, 0.4) is 0 Å². The molecule has 0 fully saturated rings. The molecule has 0 heterocycles. The van der Waals surface area contributed by atoms with E-state index in [0.29, 0.717) is 18.1 Å². The summed E-state index contributed by atoms with van der Waals surface area (Å²) in [6.07, 6.45) is 3.30. The first-order chi connectivity index (χ1) is 17.3. The molecule has 3 N–H and O–H groups in total. The predicted octanol–water partition coefficient (Wildman–Crippen LogP) is 6.26. The Bertz CT molecular complexity index is 1230. The highest BCUT2D eigenvalue weighted by atomic mass is 35.5. The van der Waals surface area contributed by atoms with Gasteiger partial charge in [0.2, 0.25) is 0 Å². The Kier molecular flexibility index (Phi) is 9.62. The number of carbonyl (C=O) groups is 2. The van der Waals surface area contributed by atoms with Crippen LogP contribution in [-0.4, -0.2) is 29.0 Å². The van der Waals surface area contributed by atoms with Crippen LogP contribution < -0.4 is 10.5 Å². The summed E-state index contributed by atoms with van der Waals surface area (Å²) in [5, 5.41) is 8.91. The van der Waals surface area contributed by atoms with Gasteiger partial charge in [-0.3, -0.25) is 0 Å². The summed E-state index contributed by atoms with van der Waals surface area (Å²) in [7, 11) is 0. The van der Waals surface area contributed by atoms with Crippen molar-refractivity contribution < 1.29 is 19.4 Å². The van der Waals surface area contributed by atoms with E-state index in [-0.39, 0.29) is 5.92 Å². The first kappa shape index (κ1) is 26.9. The lowest BCUT2D eigenvalue weighted by Gasteiger charge is -2.18. The number of carbonyl (C=O) groups excluding carboxylic acids is 1. The highest BCUT2D eigenvalue weighted by molar-refractivity contribution is 6.18. The Morgan fingerprint density at radius 1 is 0.917 bits per heavy atom. The van der Waals surface area contributed by atoms with E-state index in [1.165, 1.54) is 0 Å². The Labute approximate surface area is 216 Å². The fourth-order valence-electron chi connectivity index (χ4n) is 3.74. The zero-order valence-electron chi connectivity index (χ0n) is 20.4. The quantitative estimate of drug-likeness (QED) is 0.112. The monoisotopic (exact) mass is 503 g/mol. The van der Waals surface area contributed by atoms with Crippen molar-refractivity contribution in [2.24, 2.45) is 11.7 Å². The predicted molar refractivity (Wildman–Crippen MR) is 146 cm³/mol. The van der Waals surface area contributed by atoms with Gasteiger partial charge in [0.1, 0.15) is 11.8 Å². The van der Waals surface area contributed by atoms with Crippen LogP contribution in [0.5, 0.6) is 5.75 Å². The van der Waals surface area contributed by atoms with Crippen LogP contribution in [0.25, 0.3) is 17.2 Å². The van der Waals surface area contributed by atoms with E-state index in [2.05, 4.69) is 12.1 Å². The molecule has 0 spiro atoms. The third-order valence-corrected chi connectivity index (χ3v) is 5.93. The molecule has 0 aliphatic rings. The second kappa shape index (κ2) is 12.9. The van der Waals surface area contributed by atoms with Crippen molar-refractivity contribution in [3.63, 3.8) is 0 Å². The molecule has 0 radical (unpaired) electrons. The van der Waals surface area contributed by atoms with Gasteiger partial charge in [0.15, 0.2) is 0 Å². The van der Waals surface area contributed by atoms with Gasteiger partial charge >= 0.3 is 11.9 Å². The lowest BCUT2D eigenvalue weighted by Crippen LogP contribution is -2.38. The number of halogens is 1. The average molecular weight is 504 g/mol. The number of esters is 1. The molecule has 0 aromatic heterocycles. The van der Waals surface area contributed by atoms with E-state index in [1.807, 2.05) is 68.4 Å². The normalized spacial score (nSPS) is 12.9. The summed E-state index contributed by atoms with van der Waals surface area (Å²) in [4.78, 5) is 23.2. The molecule has 0 amide bonds. The van der Waals surface area contributed by atoms with Crippen LogP contribution in [-0.2, 0) is 9.59 Å². The van der Waals surface area contributed by atoms with Gasteiger partial charge in [-0.15, -0.1) is 11.6 Å². The van der Waals surface area contributed by atoms with E-state index in [9.17, 15) is 9.59 Å². The van der Waals surface area contributed by atoms with Crippen LogP contribution in [0, 0.1) is 5.92 Å². The second-order valence-electron chi connectivity index (χ2n) is 8.67. The maximum absolute atomic E-state index is 12.3. The highest BCUT2D eigenvalue weighted by Crippen LogP contribution is 2.35. The molecule has 3 aromatic carbocycles. The fourth-order valence-corrected chi connectivity index (χ4v) is 3.93. The van der Waals surface area contributed by atoms with Gasteiger partial charge in [0.25, 0.3) is 0 Å². The average Bonchev–Trinajstić information content (AvgIpc) is 2.88. The Morgan fingerprint density at radius 2 is 1.50 bits per heavy atom. The van der Waals surface area contributed by atoms with E-state index in [4.69, 9.17) is 27.2 Å². The molecule has 0 saturated heterocycles. The number of carboxylic acids is 1. The van der Waals surface area contributed by atoms with Crippen molar-refractivity contribution in [2.75, 3.05) is 5.88 Å². The summed E-state index contributed by atoms with van der Waals surface area (Å²) < 4.78 is 5.48. The van der Waals surface area contributed by atoms with Gasteiger partial charge in [-0.25, -0.2) is 9.59 Å². The highest BCUT2D eigenvalue weighted by Gasteiger charge is 2.20. The first-order valence-electron chi connectivity index (χ1n) is 11.7. The maximum Gasteiger partial charge on any atom is 0.328 e. The van der Waals surface area contributed by atoms with E-state index >= 15 is 0 Å². The fraction of sp³-hybridized carbons (Fsp3) is 0.200. The van der Waals surface area contributed by atoms with Crippen LogP contribution in [0.2, 0.25) is 0 Å². The van der Waals surface area contributed by atoms with Crippen molar-refractivity contribution in [1.82, 2.24) is 0 Å². The molecule has 186 valence electrons. The van der Waals surface area contributed by atoms with Crippen LogP contribution >= 0.6 is 11.6 Å². The minimum atomic E-state index is -0.997. The van der Waals surface area contributed by atoms with Crippen molar-refractivity contribution in [2.45, 2.75) is 26.3 Å². The largest absolute Gasteiger partial charge is 0.478 e. The standard InChI is InChI=1S/C30H30ClNO4/c1-20(2)29(32)30(35)36-25-15-13-24(14-16-25)28(26(18-19-31)22-6-4-3-5-7-22)23-11-8-21(9-12-23)10-17-27(33)34/h3-17,20,29H,18-19,32H2,1-2H3,(H,33,34)/b17-10+,28-26+. The van der Waals surface area contributed by atoms with Crippen molar-refractivity contribution in [3.8, 4) is 5.75 Å². The molecule has 3 aromatic rings. The summed E-state index contributed by atoms with van der Waals surface area (Å²) in [5.41, 5.74) is 11.7. The van der Waals surface area contributed by atoms with Crippen molar-refractivity contribution in [3.05, 3.63) is 107 Å². The SMILES string of the molecule is CC(C)C(N)C(=O)Oc1ccc(/C(=C(\CCCl)c2ccccc2)c2ccc(/C=C/C(=O)O)cc2)cc1. The second-order valence-corrected chi connectivity index (χ2v) is 9.05. The van der Waals surface area contributed by atoms with Gasteiger partial charge < -0.3 is 15.6 Å². The van der Waals surface area contributed by atoms with Gasteiger partial charge in [0, 0.05) is 12.0 Å². The van der Waals surface area contributed by atoms with Crippen LogP contribution in [0.4, 0.5) is 0 Å². The number of ether oxygens (including phenoxy) is 1. The Morgan fingerprint density at radius 3 is 2.03 bits per heavy atom. The van der Waals surface area contributed by atoms with Crippen molar-refractivity contribution in [1.29, 1.82) is 0 Å². The molecule has 0 bridgehead atoms. The summed E-state index contributed by atoms with van der Waals surface area (Å²) in [6.45, 7) is 3.74. The Balaban J connectivity index is 2.07. The van der Waals surface area contributed by atoms with Gasteiger partial charge in [-0.2, -0.15) is 0 Å².